The molecule has 0 atom stereocenters. The van der Waals surface area contributed by atoms with Gasteiger partial charge in [0.2, 0.25) is 0 Å². The highest BCUT2D eigenvalue weighted by atomic mass is 32.1. The minimum Gasteiger partial charge on any atom is -0.459 e. The fraction of sp³-hybridized carbons (Fsp3) is 0.100. The van der Waals surface area contributed by atoms with Crippen molar-refractivity contribution in [2.24, 2.45) is 0 Å². The van der Waals surface area contributed by atoms with Crippen LogP contribution in [0.2, 0.25) is 0 Å². The second-order valence-corrected chi connectivity index (χ2v) is 2.91. The van der Waals surface area contributed by atoms with Gasteiger partial charge in [0.25, 0.3) is 0 Å². The van der Waals surface area contributed by atoms with Crippen LogP contribution in [0.4, 0.5) is 0 Å². The zero-order valence-electron chi connectivity index (χ0n) is 6.91. The quantitative estimate of drug-likeness (QED) is 0.594. The van der Waals surface area contributed by atoms with Crippen LogP contribution in [-0.2, 0) is 6.54 Å². The van der Waals surface area contributed by atoms with Crippen molar-refractivity contribution in [3.63, 3.8) is 0 Å². The molecule has 2 aromatic rings. The van der Waals surface area contributed by atoms with Gasteiger partial charge in [-0.25, -0.2) is 0 Å². The second kappa shape index (κ2) is 3.58. The average Bonchev–Trinajstić information content (AvgIpc) is 2.57. The standard InChI is InChI=1S/C10H8NOS/c13-7-11-6-9-5-8-3-1-2-4-10(8)12-9/h1-5H,6H2,(H,11,13). The van der Waals surface area contributed by atoms with Gasteiger partial charge < -0.3 is 9.73 Å². The first-order chi connectivity index (χ1) is 6.40. The van der Waals surface area contributed by atoms with Crippen LogP contribution in [0, 0.1) is 0 Å². The Balaban J connectivity index is 2.32. The Morgan fingerprint density at radius 3 is 3.00 bits per heavy atom. The van der Waals surface area contributed by atoms with Crippen LogP contribution in [0.25, 0.3) is 11.0 Å². The number of benzene rings is 1. The first-order valence-electron chi connectivity index (χ1n) is 3.97. The molecule has 0 spiro atoms. The predicted octanol–water partition coefficient (Wildman–Crippen LogP) is 2.36. The van der Waals surface area contributed by atoms with Gasteiger partial charge in [-0.15, -0.1) is 0 Å². The van der Waals surface area contributed by atoms with Gasteiger partial charge in [-0.1, -0.05) is 30.4 Å². The topological polar surface area (TPSA) is 25.2 Å². The highest BCUT2D eigenvalue weighted by Crippen LogP contribution is 2.18. The van der Waals surface area contributed by atoms with Crippen LogP contribution in [0.3, 0.4) is 0 Å². The second-order valence-electron chi connectivity index (χ2n) is 2.71. The molecule has 1 N–H and O–H groups in total. The summed E-state index contributed by atoms with van der Waals surface area (Å²) in [6, 6.07) is 9.90. The number of thiocarbonyl (C=S) groups is 1. The van der Waals surface area contributed by atoms with E-state index in [1.54, 1.807) is 0 Å². The summed E-state index contributed by atoms with van der Waals surface area (Å²) in [5.74, 6) is 0.874. The number of rotatable bonds is 3. The van der Waals surface area contributed by atoms with Gasteiger partial charge >= 0.3 is 0 Å². The van der Waals surface area contributed by atoms with Gasteiger partial charge in [-0.3, -0.25) is 0 Å². The Kier molecular flexibility index (Phi) is 2.27. The third kappa shape index (κ3) is 1.70. The molecule has 1 radical (unpaired) electrons. The number of nitrogens with one attached hydrogen (secondary N) is 1. The Bertz CT molecular complexity index is 389. The minimum atomic E-state index is 0.595. The Morgan fingerprint density at radius 1 is 1.38 bits per heavy atom. The lowest BCUT2D eigenvalue weighted by atomic mass is 10.2. The molecule has 0 amide bonds. The molecule has 1 aromatic heterocycles. The van der Waals surface area contributed by atoms with Gasteiger partial charge in [0.05, 0.1) is 6.54 Å². The van der Waals surface area contributed by atoms with E-state index in [0.29, 0.717) is 6.54 Å². The number of furan rings is 1. The van der Waals surface area contributed by atoms with Crippen molar-refractivity contribution in [2.75, 3.05) is 0 Å². The zero-order chi connectivity index (χ0) is 9.10. The summed E-state index contributed by atoms with van der Waals surface area (Å²) < 4.78 is 5.52. The SMILES string of the molecule is S=[C]NCc1cc2ccccc2o1. The van der Waals surface area contributed by atoms with Crippen molar-refractivity contribution in [1.82, 2.24) is 5.32 Å². The minimum absolute atomic E-state index is 0.595. The van der Waals surface area contributed by atoms with Gasteiger partial charge in [0.15, 0.2) is 0 Å². The van der Waals surface area contributed by atoms with E-state index in [-0.39, 0.29) is 0 Å². The molecule has 65 valence electrons. The lowest BCUT2D eigenvalue weighted by Crippen LogP contribution is -2.07. The van der Waals surface area contributed by atoms with Crippen molar-refractivity contribution < 1.29 is 4.42 Å². The van der Waals surface area contributed by atoms with Crippen molar-refractivity contribution in [2.45, 2.75) is 6.54 Å². The Labute approximate surface area is 81.5 Å². The van der Waals surface area contributed by atoms with Crippen molar-refractivity contribution in [3.8, 4) is 0 Å². The summed E-state index contributed by atoms with van der Waals surface area (Å²) in [5, 5.41) is 3.91. The van der Waals surface area contributed by atoms with Crippen LogP contribution in [-0.4, -0.2) is 5.49 Å². The maximum absolute atomic E-state index is 5.52. The smallest absolute Gasteiger partial charge is 0.134 e. The van der Waals surface area contributed by atoms with Crippen LogP contribution in [0.1, 0.15) is 5.76 Å². The number of fused-ring (bicyclic) bond motifs is 1. The normalized spacial score (nSPS) is 10.2. The summed E-state index contributed by atoms with van der Waals surface area (Å²) in [6.45, 7) is 0.595. The predicted molar refractivity (Wildman–Crippen MR) is 55.7 cm³/mol. The van der Waals surface area contributed by atoms with Crippen LogP contribution < -0.4 is 5.32 Å². The van der Waals surface area contributed by atoms with E-state index < -0.39 is 0 Å². The lowest BCUT2D eigenvalue weighted by Gasteiger charge is -1.91. The molecule has 3 heteroatoms. The lowest BCUT2D eigenvalue weighted by molar-refractivity contribution is 0.543. The van der Waals surface area contributed by atoms with E-state index in [2.05, 4.69) is 23.0 Å². The summed E-state index contributed by atoms with van der Waals surface area (Å²) in [5.41, 5.74) is 3.34. The third-order valence-corrected chi connectivity index (χ3v) is 1.96. The Hall–Kier alpha value is -1.35. The van der Waals surface area contributed by atoms with Crippen molar-refractivity contribution in [1.29, 1.82) is 0 Å². The van der Waals surface area contributed by atoms with Crippen LogP contribution in [0.15, 0.2) is 34.7 Å². The molecule has 0 saturated heterocycles. The molecule has 1 heterocycles. The summed E-state index contributed by atoms with van der Waals surface area (Å²) in [4.78, 5) is 0. The van der Waals surface area contributed by atoms with E-state index in [1.165, 1.54) is 0 Å². The largest absolute Gasteiger partial charge is 0.459 e. The molecule has 0 fully saturated rings. The molecule has 0 aliphatic heterocycles. The van der Waals surface area contributed by atoms with Crippen LogP contribution >= 0.6 is 12.2 Å². The monoisotopic (exact) mass is 190 g/mol. The molecular formula is C10H8NOS. The fourth-order valence-corrected chi connectivity index (χ4v) is 1.32. The highest BCUT2D eigenvalue weighted by Gasteiger charge is 2.00. The van der Waals surface area contributed by atoms with E-state index in [0.717, 1.165) is 16.7 Å². The van der Waals surface area contributed by atoms with Gasteiger partial charge in [-0.05, 0) is 12.1 Å². The van der Waals surface area contributed by atoms with Crippen molar-refractivity contribution >= 4 is 28.7 Å². The molecule has 2 nitrogen and oxygen atoms in total. The van der Waals surface area contributed by atoms with Crippen LogP contribution in [0.5, 0.6) is 0 Å². The van der Waals surface area contributed by atoms with Gasteiger partial charge in [0, 0.05) is 5.39 Å². The maximum Gasteiger partial charge on any atom is 0.134 e. The third-order valence-electron chi connectivity index (χ3n) is 1.81. The van der Waals surface area contributed by atoms with Gasteiger partial charge in [-0.2, -0.15) is 0 Å². The molecule has 2 rings (SSSR count). The molecule has 0 aliphatic rings. The average molecular weight is 190 g/mol. The van der Waals surface area contributed by atoms with E-state index in [1.807, 2.05) is 30.3 Å². The summed E-state index contributed by atoms with van der Waals surface area (Å²) >= 11 is 4.53. The molecule has 0 unspecified atom stereocenters. The highest BCUT2D eigenvalue weighted by molar-refractivity contribution is 7.78. The molecule has 0 aliphatic carbocycles. The summed E-state index contributed by atoms with van der Waals surface area (Å²) in [7, 11) is 0. The summed E-state index contributed by atoms with van der Waals surface area (Å²) in [6.07, 6.45) is 0. The molecule has 0 bridgehead atoms. The number of hydrogen-bond donors (Lipinski definition) is 1. The van der Waals surface area contributed by atoms with Crippen molar-refractivity contribution in [3.05, 3.63) is 36.1 Å². The molecule has 0 saturated carbocycles. The molecule has 13 heavy (non-hydrogen) atoms. The van der Waals surface area contributed by atoms with Gasteiger partial charge in [0.1, 0.15) is 16.8 Å². The number of para-hydroxylation sites is 1. The van der Waals surface area contributed by atoms with E-state index >= 15 is 0 Å². The molecular weight excluding hydrogens is 182 g/mol. The number of hydrogen-bond acceptors (Lipinski definition) is 2. The fourth-order valence-electron chi connectivity index (χ4n) is 1.25. The van der Waals surface area contributed by atoms with E-state index in [4.69, 9.17) is 4.42 Å². The zero-order valence-corrected chi connectivity index (χ0v) is 7.73. The first kappa shape index (κ1) is 8.26. The Morgan fingerprint density at radius 2 is 2.23 bits per heavy atom. The maximum atomic E-state index is 5.52. The molecule has 1 aromatic carbocycles. The first-order valence-corrected chi connectivity index (χ1v) is 4.38. The van der Waals surface area contributed by atoms with E-state index in [9.17, 15) is 0 Å².